The molecule has 0 N–H and O–H groups in total. The van der Waals surface area contributed by atoms with E-state index in [1.165, 1.54) is 19.3 Å². The Balaban J connectivity index is 1.96. The van der Waals surface area contributed by atoms with Crippen LogP contribution in [0.25, 0.3) is 0 Å². The highest BCUT2D eigenvalue weighted by Crippen LogP contribution is 2.19. The van der Waals surface area contributed by atoms with E-state index in [2.05, 4.69) is 12.0 Å². The van der Waals surface area contributed by atoms with Crippen LogP contribution in [-0.4, -0.2) is 17.6 Å². The van der Waals surface area contributed by atoms with E-state index in [0.29, 0.717) is 6.04 Å². The summed E-state index contributed by atoms with van der Waals surface area (Å²) in [7, 11) is 0. The van der Waals surface area contributed by atoms with Gasteiger partial charge in [-0.15, -0.1) is 5.06 Å². The van der Waals surface area contributed by atoms with Crippen LogP contribution in [0.4, 0.5) is 0 Å². The molecule has 1 unspecified atom stereocenters. The van der Waals surface area contributed by atoms with Gasteiger partial charge < -0.3 is 4.84 Å². The van der Waals surface area contributed by atoms with Gasteiger partial charge in [-0.2, -0.15) is 0 Å². The number of piperidine rings is 1. The Morgan fingerprint density at radius 3 is 2.71 bits per heavy atom. The Hall–Kier alpha value is -1.02. The maximum Gasteiger partial charge on any atom is 0.147 e. The zero-order chi connectivity index (χ0) is 9.80. The third-order valence-corrected chi connectivity index (χ3v) is 2.71. The van der Waals surface area contributed by atoms with E-state index in [1.54, 1.807) is 0 Å². The molecule has 2 rings (SSSR count). The van der Waals surface area contributed by atoms with Gasteiger partial charge in [0, 0.05) is 12.6 Å². The van der Waals surface area contributed by atoms with E-state index in [4.69, 9.17) is 4.84 Å². The molecule has 76 valence electrons. The summed E-state index contributed by atoms with van der Waals surface area (Å²) >= 11 is 0. The first-order chi connectivity index (χ1) is 6.86. The molecule has 0 bridgehead atoms. The number of hydroxylamine groups is 2. The van der Waals surface area contributed by atoms with Crippen molar-refractivity contribution in [1.29, 1.82) is 0 Å². The van der Waals surface area contributed by atoms with Crippen molar-refractivity contribution < 1.29 is 4.84 Å². The molecule has 1 atom stereocenters. The average molecular weight is 191 g/mol. The van der Waals surface area contributed by atoms with Gasteiger partial charge in [0.2, 0.25) is 0 Å². The van der Waals surface area contributed by atoms with E-state index in [1.807, 2.05) is 30.3 Å². The molecular formula is C12H17NO. The van der Waals surface area contributed by atoms with Gasteiger partial charge in [0.15, 0.2) is 0 Å². The Morgan fingerprint density at radius 1 is 1.21 bits per heavy atom. The van der Waals surface area contributed by atoms with Crippen LogP contribution in [0.15, 0.2) is 30.3 Å². The first kappa shape index (κ1) is 9.53. The Labute approximate surface area is 85.4 Å². The van der Waals surface area contributed by atoms with Crippen molar-refractivity contribution in [1.82, 2.24) is 5.06 Å². The van der Waals surface area contributed by atoms with Crippen molar-refractivity contribution in [3.8, 4) is 5.75 Å². The fraction of sp³-hybridized carbons (Fsp3) is 0.500. The first-order valence-electron chi connectivity index (χ1n) is 5.36. The van der Waals surface area contributed by atoms with Gasteiger partial charge >= 0.3 is 0 Å². The van der Waals surface area contributed by atoms with E-state index < -0.39 is 0 Å². The van der Waals surface area contributed by atoms with Crippen LogP contribution in [0.1, 0.15) is 26.2 Å². The molecule has 2 nitrogen and oxygen atoms in total. The summed E-state index contributed by atoms with van der Waals surface area (Å²) in [6.45, 7) is 3.28. The smallest absolute Gasteiger partial charge is 0.147 e. The number of para-hydroxylation sites is 1. The van der Waals surface area contributed by atoms with Crippen LogP contribution >= 0.6 is 0 Å². The Morgan fingerprint density at radius 2 is 2.00 bits per heavy atom. The van der Waals surface area contributed by atoms with Crippen LogP contribution in [0.5, 0.6) is 5.75 Å². The van der Waals surface area contributed by atoms with E-state index in [0.717, 1.165) is 12.3 Å². The van der Waals surface area contributed by atoms with Crippen LogP contribution in [0.3, 0.4) is 0 Å². The highest BCUT2D eigenvalue weighted by molar-refractivity contribution is 5.20. The van der Waals surface area contributed by atoms with E-state index in [9.17, 15) is 0 Å². The minimum absolute atomic E-state index is 0.545. The molecule has 0 aromatic heterocycles. The van der Waals surface area contributed by atoms with Gasteiger partial charge in [-0.05, 0) is 31.9 Å². The standard InChI is InChI=1S/C12H17NO/c1-11-7-5-6-10-13(11)14-12-8-3-2-4-9-12/h2-4,8-9,11H,5-7,10H2,1H3. The minimum atomic E-state index is 0.545. The third kappa shape index (κ3) is 2.26. The fourth-order valence-corrected chi connectivity index (χ4v) is 1.82. The van der Waals surface area contributed by atoms with Gasteiger partial charge in [-0.1, -0.05) is 24.6 Å². The largest absolute Gasteiger partial charge is 0.406 e. The minimum Gasteiger partial charge on any atom is -0.406 e. The van der Waals surface area contributed by atoms with Gasteiger partial charge in [0.1, 0.15) is 5.75 Å². The highest BCUT2D eigenvalue weighted by Gasteiger charge is 2.19. The van der Waals surface area contributed by atoms with Crippen LogP contribution in [-0.2, 0) is 0 Å². The third-order valence-electron chi connectivity index (χ3n) is 2.71. The second kappa shape index (κ2) is 4.47. The van der Waals surface area contributed by atoms with Gasteiger partial charge in [0.05, 0.1) is 0 Å². The van der Waals surface area contributed by atoms with Crippen molar-refractivity contribution in [2.75, 3.05) is 6.54 Å². The molecule has 1 aliphatic heterocycles. The lowest BCUT2D eigenvalue weighted by molar-refractivity contribution is -0.106. The summed E-state index contributed by atoms with van der Waals surface area (Å²) in [5.41, 5.74) is 0. The highest BCUT2D eigenvalue weighted by atomic mass is 16.7. The van der Waals surface area contributed by atoms with E-state index >= 15 is 0 Å². The van der Waals surface area contributed by atoms with Crippen molar-refractivity contribution in [3.63, 3.8) is 0 Å². The second-order valence-corrected chi connectivity index (χ2v) is 3.89. The topological polar surface area (TPSA) is 12.5 Å². The average Bonchev–Trinajstić information content (AvgIpc) is 2.23. The van der Waals surface area contributed by atoms with Gasteiger partial charge in [-0.25, -0.2) is 0 Å². The fourth-order valence-electron chi connectivity index (χ4n) is 1.82. The van der Waals surface area contributed by atoms with Gasteiger partial charge in [0.25, 0.3) is 0 Å². The molecule has 1 fully saturated rings. The normalized spacial score (nSPS) is 23.4. The number of hydrogen-bond donors (Lipinski definition) is 0. The molecule has 2 heteroatoms. The lowest BCUT2D eigenvalue weighted by Gasteiger charge is -2.32. The molecule has 0 amide bonds. The maximum atomic E-state index is 5.80. The maximum absolute atomic E-state index is 5.80. The molecule has 1 aromatic carbocycles. The lowest BCUT2D eigenvalue weighted by atomic mass is 10.1. The SMILES string of the molecule is CC1CCCCN1Oc1ccccc1. The molecule has 1 aromatic rings. The van der Waals surface area contributed by atoms with Crippen molar-refractivity contribution >= 4 is 0 Å². The van der Waals surface area contributed by atoms with Crippen LogP contribution < -0.4 is 4.84 Å². The van der Waals surface area contributed by atoms with Gasteiger partial charge in [-0.3, -0.25) is 0 Å². The summed E-state index contributed by atoms with van der Waals surface area (Å²) in [5, 5.41) is 2.10. The van der Waals surface area contributed by atoms with Crippen molar-refractivity contribution in [3.05, 3.63) is 30.3 Å². The zero-order valence-corrected chi connectivity index (χ0v) is 8.65. The molecule has 1 saturated heterocycles. The molecule has 1 aliphatic rings. The Bertz CT molecular complexity index is 273. The van der Waals surface area contributed by atoms with Crippen LogP contribution in [0, 0.1) is 0 Å². The quantitative estimate of drug-likeness (QED) is 0.712. The molecule has 14 heavy (non-hydrogen) atoms. The predicted octanol–water partition coefficient (Wildman–Crippen LogP) is 2.85. The predicted molar refractivity (Wildman–Crippen MR) is 57.1 cm³/mol. The number of hydrogen-bond acceptors (Lipinski definition) is 2. The number of rotatable bonds is 2. The second-order valence-electron chi connectivity index (χ2n) is 3.89. The molecule has 0 saturated carbocycles. The summed E-state index contributed by atoms with van der Waals surface area (Å²) in [4.78, 5) is 5.80. The first-order valence-corrected chi connectivity index (χ1v) is 5.36. The zero-order valence-electron chi connectivity index (χ0n) is 8.65. The van der Waals surface area contributed by atoms with Crippen LogP contribution in [0.2, 0.25) is 0 Å². The molecule has 1 heterocycles. The summed E-state index contributed by atoms with van der Waals surface area (Å²) in [6.07, 6.45) is 3.82. The molecule has 0 radical (unpaired) electrons. The molecule has 0 aliphatic carbocycles. The summed E-state index contributed by atoms with van der Waals surface area (Å²) in [6, 6.07) is 10.6. The Kier molecular flexibility index (Phi) is 3.04. The van der Waals surface area contributed by atoms with E-state index in [-0.39, 0.29) is 0 Å². The number of nitrogens with zero attached hydrogens (tertiary/aromatic N) is 1. The molecular weight excluding hydrogens is 174 g/mol. The van der Waals surface area contributed by atoms with Crippen molar-refractivity contribution in [2.45, 2.75) is 32.2 Å². The molecule has 0 spiro atoms. The summed E-state index contributed by atoms with van der Waals surface area (Å²) < 4.78 is 0. The van der Waals surface area contributed by atoms with Crippen molar-refractivity contribution in [2.24, 2.45) is 0 Å². The lowest BCUT2D eigenvalue weighted by Crippen LogP contribution is -2.39. The number of benzene rings is 1. The summed E-state index contributed by atoms with van der Waals surface area (Å²) in [5.74, 6) is 0.946. The monoisotopic (exact) mass is 191 g/mol.